The summed E-state index contributed by atoms with van der Waals surface area (Å²) in [5.41, 5.74) is 1.12. The van der Waals surface area contributed by atoms with Crippen LogP contribution < -0.4 is 10.2 Å². The van der Waals surface area contributed by atoms with Gasteiger partial charge in [-0.3, -0.25) is 0 Å². The van der Waals surface area contributed by atoms with Crippen molar-refractivity contribution in [3.63, 3.8) is 0 Å². The predicted octanol–water partition coefficient (Wildman–Crippen LogP) is 2.45. The van der Waals surface area contributed by atoms with E-state index in [0.29, 0.717) is 5.92 Å². The third kappa shape index (κ3) is 2.98. The summed E-state index contributed by atoms with van der Waals surface area (Å²) in [5, 5.41) is 13.0. The normalized spacial score (nSPS) is 21.9. The van der Waals surface area contributed by atoms with E-state index < -0.39 is 0 Å². The molecular weight excluding hydrogens is 264 g/mol. The number of anilines is 2. The number of rotatable bonds is 6. The third-order valence-electron chi connectivity index (χ3n) is 4.48. The molecule has 2 aliphatic rings. The quantitative estimate of drug-likeness (QED) is 0.842. The maximum atomic E-state index is 9.59. The maximum Gasteiger partial charge on any atom is 0.137 e. The molecule has 1 atom stereocenters. The van der Waals surface area contributed by atoms with Crippen LogP contribution in [0.2, 0.25) is 0 Å². The summed E-state index contributed by atoms with van der Waals surface area (Å²) in [4.78, 5) is 11.9. The number of nitrogens with one attached hydrogen (secondary N) is 1. The highest BCUT2D eigenvalue weighted by Crippen LogP contribution is 2.40. The topological polar surface area (TPSA) is 61.3 Å². The highest BCUT2D eigenvalue weighted by Gasteiger charge is 2.31. The first-order chi connectivity index (χ1) is 10.2. The minimum Gasteiger partial charge on any atom is -0.394 e. The van der Waals surface area contributed by atoms with Gasteiger partial charge in [-0.25, -0.2) is 9.97 Å². The first kappa shape index (κ1) is 14.6. The van der Waals surface area contributed by atoms with Gasteiger partial charge in [0.05, 0.1) is 12.6 Å². The fraction of sp³-hybridized carbons (Fsp3) is 0.750. The second-order valence-corrected chi connectivity index (χ2v) is 6.25. The first-order valence-corrected chi connectivity index (χ1v) is 8.24. The summed E-state index contributed by atoms with van der Waals surface area (Å²) in [5.74, 6) is 3.54. The number of hydrogen-bond donors (Lipinski definition) is 2. The van der Waals surface area contributed by atoms with Crippen molar-refractivity contribution in [3.8, 4) is 0 Å². The predicted molar refractivity (Wildman–Crippen MR) is 85.0 cm³/mol. The van der Waals surface area contributed by atoms with Crippen molar-refractivity contribution in [2.24, 2.45) is 0 Å². The van der Waals surface area contributed by atoms with Crippen molar-refractivity contribution in [2.75, 3.05) is 29.9 Å². The lowest BCUT2D eigenvalue weighted by Gasteiger charge is -2.27. The number of hydrogen-bond acceptors (Lipinski definition) is 5. The Bertz CT molecular complexity index is 501. The summed E-state index contributed by atoms with van der Waals surface area (Å²) in [7, 11) is 0. The van der Waals surface area contributed by atoms with Gasteiger partial charge in [0.15, 0.2) is 0 Å². The van der Waals surface area contributed by atoms with E-state index in [1.165, 1.54) is 12.8 Å². The Morgan fingerprint density at radius 2 is 2.10 bits per heavy atom. The minimum absolute atomic E-state index is 0.208. The molecule has 2 heterocycles. The molecule has 21 heavy (non-hydrogen) atoms. The summed E-state index contributed by atoms with van der Waals surface area (Å²) >= 11 is 0. The SMILES string of the molecule is CCCNc1nc(C2CC2)nc(N2CCCC2CO)c1C. The van der Waals surface area contributed by atoms with E-state index in [0.717, 1.165) is 55.4 Å². The lowest BCUT2D eigenvalue weighted by molar-refractivity contribution is 0.266. The van der Waals surface area contributed by atoms with Crippen LogP contribution in [0, 0.1) is 6.92 Å². The van der Waals surface area contributed by atoms with Crippen molar-refractivity contribution in [1.29, 1.82) is 0 Å². The van der Waals surface area contributed by atoms with Crippen molar-refractivity contribution in [1.82, 2.24) is 9.97 Å². The number of nitrogens with zero attached hydrogens (tertiary/aromatic N) is 3. The average molecular weight is 290 g/mol. The van der Waals surface area contributed by atoms with Gasteiger partial charge in [0.25, 0.3) is 0 Å². The second kappa shape index (κ2) is 6.18. The zero-order chi connectivity index (χ0) is 14.8. The van der Waals surface area contributed by atoms with E-state index in [-0.39, 0.29) is 12.6 Å². The van der Waals surface area contributed by atoms with E-state index in [2.05, 4.69) is 24.1 Å². The Kier molecular flexibility index (Phi) is 4.29. The molecule has 2 N–H and O–H groups in total. The first-order valence-electron chi connectivity index (χ1n) is 8.24. The molecule has 0 aromatic carbocycles. The number of aromatic nitrogens is 2. The van der Waals surface area contributed by atoms with Gasteiger partial charge in [0, 0.05) is 24.6 Å². The fourth-order valence-electron chi connectivity index (χ4n) is 3.05. The van der Waals surface area contributed by atoms with Crippen LogP contribution in [0.4, 0.5) is 11.6 Å². The second-order valence-electron chi connectivity index (χ2n) is 6.25. The largest absolute Gasteiger partial charge is 0.394 e. The molecule has 1 saturated carbocycles. The molecule has 1 aliphatic heterocycles. The standard InChI is InChI=1S/C16H26N4O/c1-3-8-17-14-11(2)16(19-15(18-14)12-6-7-12)20-9-4-5-13(20)10-21/h12-13,21H,3-10H2,1-2H3,(H,17,18,19). The zero-order valence-corrected chi connectivity index (χ0v) is 13.1. The van der Waals surface area contributed by atoms with E-state index in [1.54, 1.807) is 0 Å². The molecule has 1 aromatic rings. The van der Waals surface area contributed by atoms with Gasteiger partial charge in [-0.2, -0.15) is 0 Å². The summed E-state index contributed by atoms with van der Waals surface area (Å²) in [6, 6.07) is 0.213. The van der Waals surface area contributed by atoms with Gasteiger partial charge in [0.2, 0.25) is 0 Å². The number of aliphatic hydroxyl groups excluding tert-OH is 1. The maximum absolute atomic E-state index is 9.59. The van der Waals surface area contributed by atoms with Crippen molar-refractivity contribution < 1.29 is 5.11 Å². The van der Waals surface area contributed by atoms with Gasteiger partial charge in [-0.1, -0.05) is 6.92 Å². The average Bonchev–Trinajstić information content (AvgIpc) is 3.24. The van der Waals surface area contributed by atoms with Crippen LogP contribution in [-0.4, -0.2) is 40.8 Å². The molecule has 0 bridgehead atoms. The Morgan fingerprint density at radius 1 is 1.29 bits per heavy atom. The van der Waals surface area contributed by atoms with Gasteiger partial charge < -0.3 is 15.3 Å². The molecule has 1 unspecified atom stereocenters. The van der Waals surface area contributed by atoms with Gasteiger partial charge >= 0.3 is 0 Å². The van der Waals surface area contributed by atoms with Crippen LogP contribution >= 0.6 is 0 Å². The highest BCUT2D eigenvalue weighted by molar-refractivity contribution is 5.60. The highest BCUT2D eigenvalue weighted by atomic mass is 16.3. The van der Waals surface area contributed by atoms with Crippen LogP contribution in [0.3, 0.4) is 0 Å². The van der Waals surface area contributed by atoms with E-state index >= 15 is 0 Å². The van der Waals surface area contributed by atoms with Crippen molar-refractivity contribution >= 4 is 11.6 Å². The number of aliphatic hydroxyl groups is 1. The molecule has 1 aliphatic carbocycles. The fourth-order valence-corrected chi connectivity index (χ4v) is 3.05. The lowest BCUT2D eigenvalue weighted by Crippen LogP contribution is -2.34. The summed E-state index contributed by atoms with van der Waals surface area (Å²) < 4.78 is 0. The van der Waals surface area contributed by atoms with Gasteiger partial charge in [-0.05, 0) is 39.0 Å². The van der Waals surface area contributed by atoms with Crippen molar-refractivity contribution in [3.05, 3.63) is 11.4 Å². The lowest BCUT2D eigenvalue weighted by atomic mass is 10.2. The van der Waals surface area contributed by atoms with E-state index in [1.807, 2.05) is 0 Å². The molecular formula is C16H26N4O. The van der Waals surface area contributed by atoms with E-state index in [9.17, 15) is 5.11 Å². The molecule has 1 aromatic heterocycles. The minimum atomic E-state index is 0.208. The Balaban J connectivity index is 1.95. The molecule has 116 valence electrons. The van der Waals surface area contributed by atoms with Crippen LogP contribution in [0.1, 0.15) is 56.3 Å². The van der Waals surface area contributed by atoms with Crippen molar-refractivity contribution in [2.45, 2.75) is 57.9 Å². The Hall–Kier alpha value is -1.36. The van der Waals surface area contributed by atoms with Crippen LogP contribution in [-0.2, 0) is 0 Å². The molecule has 5 nitrogen and oxygen atoms in total. The zero-order valence-electron chi connectivity index (χ0n) is 13.1. The molecule has 1 saturated heterocycles. The summed E-state index contributed by atoms with van der Waals surface area (Å²) in [6.45, 7) is 6.39. The monoisotopic (exact) mass is 290 g/mol. The van der Waals surface area contributed by atoms with Crippen LogP contribution in [0.5, 0.6) is 0 Å². The van der Waals surface area contributed by atoms with Crippen LogP contribution in [0.25, 0.3) is 0 Å². The molecule has 0 radical (unpaired) electrons. The molecule has 0 amide bonds. The molecule has 2 fully saturated rings. The smallest absolute Gasteiger partial charge is 0.137 e. The molecule has 3 rings (SSSR count). The van der Waals surface area contributed by atoms with Crippen LogP contribution in [0.15, 0.2) is 0 Å². The third-order valence-corrected chi connectivity index (χ3v) is 4.48. The molecule has 5 heteroatoms. The van der Waals surface area contributed by atoms with Gasteiger partial charge in [-0.15, -0.1) is 0 Å². The van der Waals surface area contributed by atoms with E-state index in [4.69, 9.17) is 9.97 Å². The summed E-state index contributed by atoms with van der Waals surface area (Å²) in [6.07, 6.45) is 5.68. The molecule has 0 spiro atoms. The Morgan fingerprint density at radius 3 is 2.76 bits per heavy atom. The Labute approximate surface area is 126 Å². The van der Waals surface area contributed by atoms with Gasteiger partial charge in [0.1, 0.15) is 17.5 Å².